The van der Waals surface area contributed by atoms with E-state index >= 15 is 0 Å². The Kier molecular flexibility index (Phi) is 5.50. The van der Waals surface area contributed by atoms with Gasteiger partial charge in [0.1, 0.15) is 11.5 Å². The lowest BCUT2D eigenvalue weighted by Gasteiger charge is -2.16. The maximum Gasteiger partial charge on any atom is 0.333 e. The Morgan fingerprint density at radius 2 is 1.70 bits per heavy atom. The molecule has 0 N–H and O–H groups in total. The number of halogens is 1. The fourth-order valence-corrected chi connectivity index (χ4v) is 2.75. The zero-order chi connectivity index (χ0) is 17.0. The van der Waals surface area contributed by atoms with Crippen molar-refractivity contribution in [1.82, 2.24) is 0 Å². The number of fused-ring (bicyclic) bond motifs is 1. The van der Waals surface area contributed by atoms with Crippen LogP contribution in [-0.2, 0) is 9.53 Å². The van der Waals surface area contributed by atoms with Crippen molar-refractivity contribution in [3.63, 3.8) is 0 Å². The minimum Gasteiger partial charge on any atom is -0.495 e. The summed E-state index contributed by atoms with van der Waals surface area (Å²) >= 11 is 6.50. The lowest BCUT2D eigenvalue weighted by Crippen LogP contribution is -2.05. The van der Waals surface area contributed by atoms with Crippen LogP contribution in [0.2, 0.25) is 5.02 Å². The molecule has 0 aliphatic heterocycles. The van der Waals surface area contributed by atoms with Gasteiger partial charge in [-0.2, -0.15) is 0 Å². The van der Waals surface area contributed by atoms with Gasteiger partial charge in [-0.25, -0.2) is 4.79 Å². The summed E-state index contributed by atoms with van der Waals surface area (Å²) < 4.78 is 16.0. The first kappa shape index (κ1) is 17.2. The molecule has 0 saturated carbocycles. The molecule has 0 amide bonds. The lowest BCUT2D eigenvalue weighted by molar-refractivity contribution is -0.138. The topological polar surface area (TPSA) is 44.8 Å². The molecule has 23 heavy (non-hydrogen) atoms. The summed E-state index contributed by atoms with van der Waals surface area (Å²) in [5.74, 6) is 0.749. The molecule has 2 rings (SSSR count). The number of ether oxygens (including phenoxy) is 3. The van der Waals surface area contributed by atoms with Gasteiger partial charge in [-0.15, -0.1) is 0 Å². The SMILES string of the molecule is CCOC(=O)/C(C)=C\c1c(Cl)c(OC)c2ccccc2c1OC. The Morgan fingerprint density at radius 1 is 1.13 bits per heavy atom. The highest BCUT2D eigenvalue weighted by atomic mass is 35.5. The zero-order valence-corrected chi connectivity index (χ0v) is 14.4. The van der Waals surface area contributed by atoms with Crippen LogP contribution < -0.4 is 9.47 Å². The average molecular weight is 335 g/mol. The summed E-state index contributed by atoms with van der Waals surface area (Å²) in [6.45, 7) is 3.75. The molecule has 0 heterocycles. The average Bonchev–Trinajstić information content (AvgIpc) is 2.56. The number of hydrogen-bond donors (Lipinski definition) is 0. The second kappa shape index (κ2) is 7.38. The predicted molar refractivity (Wildman–Crippen MR) is 92.3 cm³/mol. The summed E-state index contributed by atoms with van der Waals surface area (Å²) in [5.41, 5.74) is 1.03. The van der Waals surface area contributed by atoms with Crippen LogP contribution in [0.25, 0.3) is 16.8 Å². The van der Waals surface area contributed by atoms with E-state index in [-0.39, 0.29) is 0 Å². The molecule has 0 unspecified atom stereocenters. The van der Waals surface area contributed by atoms with Crippen molar-refractivity contribution in [3.05, 3.63) is 40.4 Å². The standard InChI is InChI=1S/C18H19ClO4/c1-5-23-18(20)11(2)10-14-15(19)17(22-4)13-9-7-6-8-12(13)16(14)21-3/h6-10H,5H2,1-4H3/b11-10-. The van der Waals surface area contributed by atoms with Crippen molar-refractivity contribution >= 4 is 34.4 Å². The van der Waals surface area contributed by atoms with Gasteiger partial charge >= 0.3 is 5.97 Å². The third-order valence-corrected chi connectivity index (χ3v) is 3.84. The predicted octanol–water partition coefficient (Wildman–Crippen LogP) is 4.48. The normalized spacial score (nSPS) is 11.4. The van der Waals surface area contributed by atoms with Crippen LogP contribution in [0.3, 0.4) is 0 Å². The Bertz CT molecular complexity index is 765. The lowest BCUT2D eigenvalue weighted by atomic mass is 10.0. The van der Waals surface area contributed by atoms with Crippen molar-refractivity contribution in [2.45, 2.75) is 13.8 Å². The first-order valence-corrected chi connectivity index (χ1v) is 7.60. The van der Waals surface area contributed by atoms with Gasteiger partial charge in [0.2, 0.25) is 0 Å². The molecule has 0 aliphatic rings. The Balaban J connectivity index is 2.75. The molecule has 0 radical (unpaired) electrons. The minimum absolute atomic E-state index is 0.315. The molecule has 2 aromatic rings. The first-order chi connectivity index (χ1) is 11.0. The van der Waals surface area contributed by atoms with Crippen LogP contribution in [0.1, 0.15) is 19.4 Å². The Morgan fingerprint density at radius 3 is 2.22 bits per heavy atom. The van der Waals surface area contributed by atoms with Gasteiger partial charge in [0, 0.05) is 21.9 Å². The summed E-state index contributed by atoms with van der Waals surface area (Å²) in [4.78, 5) is 11.9. The van der Waals surface area contributed by atoms with E-state index in [0.717, 1.165) is 10.8 Å². The second-order valence-electron chi connectivity index (χ2n) is 4.89. The van der Waals surface area contributed by atoms with Crippen LogP contribution in [0.15, 0.2) is 29.8 Å². The van der Waals surface area contributed by atoms with E-state index in [2.05, 4.69) is 0 Å². The number of carbonyl (C=O) groups is 1. The van der Waals surface area contributed by atoms with Gasteiger partial charge in [-0.05, 0) is 19.9 Å². The van der Waals surface area contributed by atoms with E-state index < -0.39 is 5.97 Å². The quantitative estimate of drug-likeness (QED) is 0.597. The molecule has 5 heteroatoms. The van der Waals surface area contributed by atoms with Crippen LogP contribution in [0.4, 0.5) is 0 Å². The molecule has 122 valence electrons. The van der Waals surface area contributed by atoms with Crippen molar-refractivity contribution in [1.29, 1.82) is 0 Å². The van der Waals surface area contributed by atoms with Crippen LogP contribution in [0.5, 0.6) is 11.5 Å². The van der Waals surface area contributed by atoms with Gasteiger partial charge in [-0.3, -0.25) is 0 Å². The molecule has 4 nitrogen and oxygen atoms in total. The monoisotopic (exact) mass is 334 g/mol. The van der Waals surface area contributed by atoms with Gasteiger partial charge in [0.15, 0.2) is 0 Å². The fourth-order valence-electron chi connectivity index (χ4n) is 2.43. The molecular formula is C18H19ClO4. The number of rotatable bonds is 5. The Hall–Kier alpha value is -2.20. The van der Waals surface area contributed by atoms with Crippen LogP contribution in [0, 0.1) is 0 Å². The number of benzene rings is 2. The van der Waals surface area contributed by atoms with E-state index in [1.54, 1.807) is 34.1 Å². The minimum atomic E-state index is -0.391. The smallest absolute Gasteiger partial charge is 0.333 e. The molecule has 0 fully saturated rings. The highest BCUT2D eigenvalue weighted by Crippen LogP contribution is 2.44. The van der Waals surface area contributed by atoms with Gasteiger partial charge < -0.3 is 14.2 Å². The van der Waals surface area contributed by atoms with Crippen molar-refractivity contribution in [2.24, 2.45) is 0 Å². The van der Waals surface area contributed by atoms with Crippen molar-refractivity contribution in [2.75, 3.05) is 20.8 Å². The van der Waals surface area contributed by atoms with E-state index in [1.807, 2.05) is 24.3 Å². The largest absolute Gasteiger partial charge is 0.495 e. The van der Waals surface area contributed by atoms with Crippen molar-refractivity contribution in [3.8, 4) is 11.5 Å². The summed E-state index contributed by atoms with van der Waals surface area (Å²) in [6, 6.07) is 7.64. The second-order valence-corrected chi connectivity index (χ2v) is 5.27. The third kappa shape index (κ3) is 3.27. The molecule has 0 aliphatic carbocycles. The summed E-state index contributed by atoms with van der Waals surface area (Å²) in [6.07, 6.45) is 1.66. The third-order valence-electron chi connectivity index (χ3n) is 3.46. The summed E-state index contributed by atoms with van der Waals surface area (Å²) in [7, 11) is 3.13. The molecule has 2 aromatic carbocycles. The number of methoxy groups -OCH3 is 2. The number of esters is 1. The van der Waals surface area contributed by atoms with E-state index in [1.165, 1.54) is 0 Å². The fraction of sp³-hybridized carbons (Fsp3) is 0.278. The number of carbonyl (C=O) groups excluding carboxylic acids is 1. The van der Waals surface area contributed by atoms with E-state index in [9.17, 15) is 4.79 Å². The maximum absolute atomic E-state index is 11.9. The van der Waals surface area contributed by atoms with Gasteiger partial charge in [-0.1, -0.05) is 35.9 Å². The molecule has 0 bridgehead atoms. The molecule has 0 atom stereocenters. The van der Waals surface area contributed by atoms with Gasteiger partial charge in [0.05, 0.1) is 25.8 Å². The Labute approximate surface area is 140 Å². The summed E-state index contributed by atoms with van der Waals surface area (Å²) in [5, 5.41) is 2.11. The van der Waals surface area contributed by atoms with Gasteiger partial charge in [0.25, 0.3) is 0 Å². The number of hydrogen-bond acceptors (Lipinski definition) is 4. The highest BCUT2D eigenvalue weighted by Gasteiger charge is 2.19. The first-order valence-electron chi connectivity index (χ1n) is 7.22. The van der Waals surface area contributed by atoms with Crippen LogP contribution >= 0.6 is 11.6 Å². The maximum atomic E-state index is 11.9. The molecule has 0 aromatic heterocycles. The molecule has 0 saturated heterocycles. The van der Waals surface area contributed by atoms with Crippen molar-refractivity contribution < 1.29 is 19.0 Å². The zero-order valence-electron chi connectivity index (χ0n) is 13.6. The van der Waals surface area contributed by atoms with E-state index in [4.69, 9.17) is 25.8 Å². The molecular weight excluding hydrogens is 316 g/mol. The van der Waals surface area contributed by atoms with E-state index in [0.29, 0.717) is 34.3 Å². The van der Waals surface area contributed by atoms with Crippen LogP contribution in [-0.4, -0.2) is 26.8 Å². The highest BCUT2D eigenvalue weighted by molar-refractivity contribution is 6.35. The molecule has 0 spiro atoms.